The van der Waals surface area contributed by atoms with Crippen molar-refractivity contribution in [1.29, 1.82) is 0 Å². The van der Waals surface area contributed by atoms with Crippen LogP contribution >= 0.6 is 11.6 Å². The van der Waals surface area contributed by atoms with Gasteiger partial charge in [0.1, 0.15) is 17.2 Å². The Kier molecular flexibility index (Phi) is 6.85. The van der Waals surface area contributed by atoms with Crippen LogP contribution in [0, 0.1) is 0 Å². The number of benzene rings is 1. The average Bonchev–Trinajstić information content (AvgIpc) is 2.45. The zero-order valence-electron chi connectivity index (χ0n) is 12.2. The molecule has 1 unspecified atom stereocenters. The van der Waals surface area contributed by atoms with Gasteiger partial charge in [0.15, 0.2) is 0 Å². The molecule has 0 N–H and O–H groups in total. The predicted molar refractivity (Wildman–Crippen MR) is 78.8 cm³/mol. The maximum Gasteiger partial charge on any atom is 0.130 e. The summed E-state index contributed by atoms with van der Waals surface area (Å²) in [6, 6.07) is 3.68. The standard InChI is InChI=1S/C15H23ClO3/c1-5-6-7-8-12(16)15-13(18-3)9-11(17-2)10-14(15)19-4/h9-10,12H,5-8H2,1-4H3. The Morgan fingerprint density at radius 2 is 1.58 bits per heavy atom. The molecule has 1 aromatic carbocycles. The van der Waals surface area contributed by atoms with Crippen molar-refractivity contribution >= 4 is 11.6 Å². The fourth-order valence-electron chi connectivity index (χ4n) is 2.06. The fraction of sp³-hybridized carbons (Fsp3) is 0.600. The Labute approximate surface area is 120 Å². The van der Waals surface area contributed by atoms with Gasteiger partial charge >= 0.3 is 0 Å². The molecular formula is C15H23ClO3. The summed E-state index contributed by atoms with van der Waals surface area (Å²) in [6.07, 6.45) is 4.38. The summed E-state index contributed by atoms with van der Waals surface area (Å²) in [5, 5.41) is -0.109. The topological polar surface area (TPSA) is 27.7 Å². The third kappa shape index (κ3) is 4.20. The van der Waals surface area contributed by atoms with E-state index in [0.717, 1.165) is 18.4 Å². The van der Waals surface area contributed by atoms with Crippen molar-refractivity contribution < 1.29 is 14.2 Å². The number of hydrogen-bond donors (Lipinski definition) is 0. The molecular weight excluding hydrogens is 264 g/mol. The number of alkyl halides is 1. The highest BCUT2D eigenvalue weighted by Crippen LogP contribution is 2.42. The third-order valence-electron chi connectivity index (χ3n) is 3.13. The summed E-state index contributed by atoms with van der Waals surface area (Å²) in [5.74, 6) is 2.13. The number of hydrogen-bond acceptors (Lipinski definition) is 3. The molecule has 0 aliphatic heterocycles. The van der Waals surface area contributed by atoms with Gasteiger partial charge in [0.05, 0.1) is 32.3 Å². The molecule has 4 heteroatoms. The predicted octanol–water partition coefficient (Wildman–Crippen LogP) is 4.57. The van der Waals surface area contributed by atoms with Crippen molar-refractivity contribution in [2.24, 2.45) is 0 Å². The van der Waals surface area contributed by atoms with E-state index in [0.29, 0.717) is 17.2 Å². The zero-order valence-corrected chi connectivity index (χ0v) is 12.9. The van der Waals surface area contributed by atoms with Gasteiger partial charge in [-0.05, 0) is 6.42 Å². The Morgan fingerprint density at radius 3 is 2.00 bits per heavy atom. The van der Waals surface area contributed by atoms with E-state index in [9.17, 15) is 0 Å². The van der Waals surface area contributed by atoms with E-state index in [-0.39, 0.29) is 5.38 Å². The van der Waals surface area contributed by atoms with Crippen LogP contribution in [0.1, 0.15) is 43.5 Å². The number of ether oxygens (including phenoxy) is 3. The van der Waals surface area contributed by atoms with Crippen molar-refractivity contribution in [2.45, 2.75) is 38.0 Å². The van der Waals surface area contributed by atoms with E-state index in [1.54, 1.807) is 21.3 Å². The van der Waals surface area contributed by atoms with E-state index in [1.165, 1.54) is 12.8 Å². The van der Waals surface area contributed by atoms with Crippen LogP contribution in [-0.4, -0.2) is 21.3 Å². The Balaban J connectivity index is 3.02. The summed E-state index contributed by atoms with van der Waals surface area (Å²) >= 11 is 6.50. The van der Waals surface area contributed by atoms with E-state index in [2.05, 4.69) is 6.92 Å². The number of unbranched alkanes of at least 4 members (excludes halogenated alkanes) is 2. The van der Waals surface area contributed by atoms with Crippen molar-refractivity contribution in [3.63, 3.8) is 0 Å². The molecule has 3 nitrogen and oxygen atoms in total. The van der Waals surface area contributed by atoms with Gasteiger partial charge in [-0.25, -0.2) is 0 Å². The maximum absolute atomic E-state index is 6.50. The molecule has 0 aromatic heterocycles. The second-order valence-corrected chi connectivity index (χ2v) is 4.94. The summed E-state index contributed by atoms with van der Waals surface area (Å²) in [7, 11) is 4.88. The largest absolute Gasteiger partial charge is 0.496 e. The lowest BCUT2D eigenvalue weighted by molar-refractivity contribution is 0.367. The molecule has 0 fully saturated rings. The van der Waals surface area contributed by atoms with Gasteiger partial charge in [-0.1, -0.05) is 26.2 Å². The van der Waals surface area contributed by atoms with Gasteiger partial charge in [-0.15, -0.1) is 11.6 Å². The van der Waals surface area contributed by atoms with Crippen LogP contribution in [0.5, 0.6) is 17.2 Å². The Hall–Kier alpha value is -1.09. The highest BCUT2D eigenvalue weighted by atomic mass is 35.5. The SMILES string of the molecule is CCCCCC(Cl)c1c(OC)cc(OC)cc1OC. The first-order valence-electron chi connectivity index (χ1n) is 6.61. The average molecular weight is 287 g/mol. The first-order chi connectivity index (χ1) is 9.17. The van der Waals surface area contributed by atoms with Crippen molar-refractivity contribution in [3.05, 3.63) is 17.7 Å². The molecule has 108 valence electrons. The van der Waals surface area contributed by atoms with Crippen molar-refractivity contribution in [3.8, 4) is 17.2 Å². The molecule has 0 saturated heterocycles. The van der Waals surface area contributed by atoms with Crippen LogP contribution in [0.4, 0.5) is 0 Å². The molecule has 0 bridgehead atoms. The van der Waals surface area contributed by atoms with Gasteiger partial charge in [0.2, 0.25) is 0 Å². The molecule has 19 heavy (non-hydrogen) atoms. The highest BCUT2D eigenvalue weighted by molar-refractivity contribution is 6.21. The molecule has 1 rings (SSSR count). The van der Waals surface area contributed by atoms with E-state index < -0.39 is 0 Å². The Bertz CT molecular complexity index is 368. The molecule has 0 spiro atoms. The van der Waals surface area contributed by atoms with E-state index in [4.69, 9.17) is 25.8 Å². The highest BCUT2D eigenvalue weighted by Gasteiger charge is 2.20. The summed E-state index contributed by atoms with van der Waals surface area (Å²) in [5.41, 5.74) is 0.906. The lowest BCUT2D eigenvalue weighted by atomic mass is 10.0. The Morgan fingerprint density at radius 1 is 1.00 bits per heavy atom. The minimum atomic E-state index is -0.109. The van der Waals surface area contributed by atoms with Gasteiger partial charge in [0, 0.05) is 12.1 Å². The number of halogens is 1. The quantitative estimate of drug-likeness (QED) is 0.517. The minimum absolute atomic E-state index is 0.109. The third-order valence-corrected chi connectivity index (χ3v) is 3.56. The first-order valence-corrected chi connectivity index (χ1v) is 7.05. The summed E-state index contributed by atoms with van der Waals surface area (Å²) in [4.78, 5) is 0. The summed E-state index contributed by atoms with van der Waals surface area (Å²) in [6.45, 7) is 2.18. The van der Waals surface area contributed by atoms with Crippen LogP contribution in [0.2, 0.25) is 0 Å². The van der Waals surface area contributed by atoms with Crippen LogP contribution in [-0.2, 0) is 0 Å². The molecule has 0 aliphatic rings. The molecule has 0 amide bonds. The molecule has 0 radical (unpaired) electrons. The lowest BCUT2D eigenvalue weighted by Crippen LogP contribution is -2.01. The smallest absolute Gasteiger partial charge is 0.130 e. The zero-order chi connectivity index (χ0) is 14.3. The maximum atomic E-state index is 6.50. The monoisotopic (exact) mass is 286 g/mol. The van der Waals surface area contributed by atoms with Crippen LogP contribution < -0.4 is 14.2 Å². The summed E-state index contributed by atoms with van der Waals surface area (Å²) < 4.78 is 16.1. The molecule has 1 atom stereocenters. The van der Waals surface area contributed by atoms with E-state index in [1.807, 2.05) is 12.1 Å². The second-order valence-electron chi connectivity index (χ2n) is 4.41. The van der Waals surface area contributed by atoms with Crippen molar-refractivity contribution in [2.75, 3.05) is 21.3 Å². The second kappa shape index (κ2) is 8.16. The molecule has 0 heterocycles. The number of rotatable bonds is 8. The normalized spacial score (nSPS) is 12.1. The van der Waals surface area contributed by atoms with Crippen LogP contribution in [0.3, 0.4) is 0 Å². The molecule has 0 aliphatic carbocycles. The van der Waals surface area contributed by atoms with Gasteiger partial charge in [0.25, 0.3) is 0 Å². The van der Waals surface area contributed by atoms with Gasteiger partial charge < -0.3 is 14.2 Å². The van der Waals surface area contributed by atoms with Crippen molar-refractivity contribution in [1.82, 2.24) is 0 Å². The van der Waals surface area contributed by atoms with Gasteiger partial charge in [-0.2, -0.15) is 0 Å². The number of methoxy groups -OCH3 is 3. The van der Waals surface area contributed by atoms with E-state index >= 15 is 0 Å². The lowest BCUT2D eigenvalue weighted by Gasteiger charge is -2.18. The minimum Gasteiger partial charge on any atom is -0.496 e. The molecule has 0 saturated carbocycles. The molecule has 1 aromatic rings. The fourth-order valence-corrected chi connectivity index (χ4v) is 2.43. The van der Waals surface area contributed by atoms with Crippen LogP contribution in [0.15, 0.2) is 12.1 Å². The first kappa shape index (κ1) is 16.0. The van der Waals surface area contributed by atoms with Gasteiger partial charge in [-0.3, -0.25) is 0 Å². The van der Waals surface area contributed by atoms with Crippen LogP contribution in [0.25, 0.3) is 0 Å².